The molecule has 3 aliphatic heterocycles. The maximum Gasteiger partial charge on any atom is 0.325 e. The lowest BCUT2D eigenvalue weighted by Crippen LogP contribution is -2.65. The molecule has 4 atom stereocenters. The van der Waals surface area contributed by atoms with Crippen LogP contribution in [0.15, 0.2) is 24.3 Å². The van der Waals surface area contributed by atoms with Crippen LogP contribution in [0.4, 0.5) is 10.5 Å². The Bertz CT molecular complexity index is 679. The largest absolute Gasteiger partial charge is 0.508 e. The number of urea groups is 1. The molecule has 0 aromatic heterocycles. The zero-order valence-electron chi connectivity index (χ0n) is 13.6. The second kappa shape index (κ2) is 5.35. The summed E-state index contributed by atoms with van der Waals surface area (Å²) in [5.41, 5.74) is 0.967. The predicted octanol–water partition coefficient (Wildman–Crippen LogP) is -0.0866. The van der Waals surface area contributed by atoms with Crippen molar-refractivity contribution in [3.63, 3.8) is 0 Å². The smallest absolute Gasteiger partial charge is 0.325 e. The van der Waals surface area contributed by atoms with Gasteiger partial charge < -0.3 is 14.9 Å². The molecule has 0 radical (unpaired) electrons. The summed E-state index contributed by atoms with van der Waals surface area (Å²) in [5, 5.41) is 15.4. The minimum absolute atomic E-state index is 0.167. The van der Waals surface area contributed by atoms with E-state index in [0.29, 0.717) is 5.92 Å². The normalized spacial score (nSPS) is 33.2. The topological polar surface area (TPSA) is 88.1 Å². The first-order chi connectivity index (χ1) is 11.5. The average molecular weight is 331 g/mol. The number of imide groups is 1. The van der Waals surface area contributed by atoms with Crippen molar-refractivity contribution < 1.29 is 14.7 Å². The van der Waals surface area contributed by atoms with Crippen molar-refractivity contribution in [2.45, 2.75) is 25.4 Å². The van der Waals surface area contributed by atoms with Crippen LogP contribution in [0.2, 0.25) is 0 Å². The van der Waals surface area contributed by atoms with E-state index in [1.165, 1.54) is 0 Å². The van der Waals surface area contributed by atoms with Gasteiger partial charge in [-0.1, -0.05) is 6.92 Å². The fourth-order valence-corrected chi connectivity index (χ4v) is 3.91. The lowest BCUT2D eigenvalue weighted by Gasteiger charge is -2.45. The van der Waals surface area contributed by atoms with Crippen molar-refractivity contribution >= 4 is 17.6 Å². The van der Waals surface area contributed by atoms with Crippen molar-refractivity contribution in [1.29, 1.82) is 0 Å². The highest BCUT2D eigenvalue weighted by Crippen LogP contribution is 2.33. The number of phenols is 1. The number of amides is 3. The number of phenolic OH excluding ortho intramolecular Hbond substituents is 1. The number of anilines is 1. The van der Waals surface area contributed by atoms with E-state index >= 15 is 0 Å². The first-order valence-corrected chi connectivity index (χ1v) is 8.11. The Morgan fingerprint density at radius 3 is 2.58 bits per heavy atom. The lowest BCUT2D eigenvalue weighted by atomic mass is 10.0. The summed E-state index contributed by atoms with van der Waals surface area (Å²) < 4.78 is 0. The molecule has 3 N–H and O–H groups in total. The van der Waals surface area contributed by atoms with Gasteiger partial charge in [0, 0.05) is 25.8 Å². The predicted molar refractivity (Wildman–Crippen MR) is 87.1 cm³/mol. The van der Waals surface area contributed by atoms with E-state index in [2.05, 4.69) is 27.4 Å². The van der Waals surface area contributed by atoms with Crippen molar-refractivity contribution in [3.05, 3.63) is 24.3 Å². The van der Waals surface area contributed by atoms with Crippen molar-refractivity contribution in [2.75, 3.05) is 25.0 Å². The molecule has 3 fully saturated rings. The third-order valence-electron chi connectivity index (χ3n) is 5.03. The van der Waals surface area contributed by atoms with E-state index < -0.39 is 6.04 Å². The molecule has 24 heavy (non-hydrogen) atoms. The number of nitrogens with zero attached hydrogens (tertiary/aromatic N) is 3. The molecule has 3 heterocycles. The van der Waals surface area contributed by atoms with Gasteiger partial charge in [0.25, 0.3) is 0 Å². The molecule has 3 aliphatic rings. The Kier molecular flexibility index (Phi) is 3.40. The molecule has 1 aromatic rings. The molecule has 4 rings (SSSR count). The number of hydrogen-bond donors (Lipinski definition) is 3. The number of fused-ring (bicyclic) bond motifs is 3. The number of carbonyl (C=O) groups is 2. The molecule has 0 saturated carbocycles. The first-order valence-electron chi connectivity index (χ1n) is 8.11. The van der Waals surface area contributed by atoms with E-state index in [-0.39, 0.29) is 30.1 Å². The second-order valence-corrected chi connectivity index (χ2v) is 6.81. The molecule has 0 bridgehead atoms. The number of likely N-dealkylation sites (N-methyl/N-ethyl adjacent to an activating group) is 1. The van der Waals surface area contributed by atoms with Gasteiger partial charge in [-0.25, -0.2) is 4.79 Å². The number of carbonyl (C=O) groups excluding carboxylic acids is 2. The average Bonchev–Trinajstić information content (AvgIpc) is 2.92. The summed E-state index contributed by atoms with van der Waals surface area (Å²) in [6, 6.07) is 6.26. The minimum Gasteiger partial charge on any atom is -0.508 e. The van der Waals surface area contributed by atoms with Crippen LogP contribution < -0.4 is 15.5 Å². The fraction of sp³-hybridized carbons (Fsp3) is 0.500. The van der Waals surface area contributed by atoms with Crippen LogP contribution in [0.25, 0.3) is 0 Å². The summed E-state index contributed by atoms with van der Waals surface area (Å²) in [6.07, 6.45) is -0.513. The monoisotopic (exact) mass is 331 g/mol. The zero-order chi connectivity index (χ0) is 17.0. The summed E-state index contributed by atoms with van der Waals surface area (Å²) in [5.74, 6) is 0.336. The zero-order valence-corrected chi connectivity index (χ0v) is 13.6. The Balaban J connectivity index is 1.69. The second-order valence-electron chi connectivity index (χ2n) is 6.81. The van der Waals surface area contributed by atoms with Gasteiger partial charge in [-0.3, -0.25) is 20.3 Å². The molecule has 1 aromatic carbocycles. The van der Waals surface area contributed by atoms with Crippen LogP contribution in [0.5, 0.6) is 5.75 Å². The molecule has 128 valence electrons. The van der Waals surface area contributed by atoms with E-state index in [9.17, 15) is 14.7 Å². The van der Waals surface area contributed by atoms with Gasteiger partial charge in [-0.2, -0.15) is 0 Å². The van der Waals surface area contributed by atoms with Crippen LogP contribution >= 0.6 is 0 Å². The highest BCUT2D eigenvalue weighted by atomic mass is 16.3. The molecule has 0 aliphatic carbocycles. The quantitative estimate of drug-likeness (QED) is 0.667. The third-order valence-corrected chi connectivity index (χ3v) is 5.03. The Morgan fingerprint density at radius 2 is 1.88 bits per heavy atom. The van der Waals surface area contributed by atoms with Crippen molar-refractivity contribution in [1.82, 2.24) is 20.4 Å². The van der Waals surface area contributed by atoms with Gasteiger partial charge >= 0.3 is 6.03 Å². The van der Waals surface area contributed by atoms with Crippen LogP contribution in [0.1, 0.15) is 6.92 Å². The summed E-state index contributed by atoms with van der Waals surface area (Å²) in [6.45, 7) is 3.76. The number of benzene rings is 1. The third kappa shape index (κ3) is 2.22. The SMILES string of the molecule is CC1CN(c2ccc(O)cc2)C2NC3C(C(=O)NC(=O)N3C)N2C1. The Labute approximate surface area is 140 Å². The molecule has 8 nitrogen and oxygen atoms in total. The van der Waals surface area contributed by atoms with Gasteiger partial charge in [0.1, 0.15) is 24.2 Å². The van der Waals surface area contributed by atoms with Gasteiger partial charge in [0.2, 0.25) is 5.91 Å². The summed E-state index contributed by atoms with van der Waals surface area (Å²) in [7, 11) is 1.69. The van der Waals surface area contributed by atoms with Crippen LogP contribution in [0.3, 0.4) is 0 Å². The molecule has 4 unspecified atom stereocenters. The number of hydrogen-bond acceptors (Lipinski definition) is 6. The molecule has 0 spiro atoms. The number of nitrogens with one attached hydrogen (secondary N) is 2. The van der Waals surface area contributed by atoms with Gasteiger partial charge in [-0.15, -0.1) is 0 Å². The molecule has 8 heteroatoms. The molecule has 3 saturated heterocycles. The fourth-order valence-electron chi connectivity index (χ4n) is 3.91. The maximum absolute atomic E-state index is 12.4. The Morgan fingerprint density at radius 1 is 1.17 bits per heavy atom. The maximum atomic E-state index is 12.4. The van der Waals surface area contributed by atoms with Gasteiger partial charge in [0.05, 0.1) is 0 Å². The van der Waals surface area contributed by atoms with Gasteiger partial charge in [-0.05, 0) is 30.2 Å². The number of aromatic hydroxyl groups is 1. The summed E-state index contributed by atoms with van der Waals surface area (Å²) >= 11 is 0. The van der Waals surface area contributed by atoms with E-state index in [1.54, 1.807) is 24.1 Å². The van der Waals surface area contributed by atoms with Crippen LogP contribution in [-0.2, 0) is 4.79 Å². The van der Waals surface area contributed by atoms with Crippen LogP contribution in [0, 0.1) is 5.92 Å². The van der Waals surface area contributed by atoms with Crippen molar-refractivity contribution in [3.8, 4) is 5.75 Å². The van der Waals surface area contributed by atoms with E-state index in [1.807, 2.05) is 12.1 Å². The Hall–Kier alpha value is -2.32. The van der Waals surface area contributed by atoms with Crippen molar-refractivity contribution in [2.24, 2.45) is 5.92 Å². The molecular weight excluding hydrogens is 310 g/mol. The van der Waals surface area contributed by atoms with Crippen LogP contribution in [-0.4, -0.2) is 65.5 Å². The highest BCUT2D eigenvalue weighted by molar-refractivity contribution is 6.00. The number of rotatable bonds is 1. The molecular formula is C16H21N5O3. The lowest BCUT2D eigenvalue weighted by molar-refractivity contribution is -0.128. The first kappa shape index (κ1) is 15.2. The molecule has 3 amide bonds. The standard InChI is InChI=1S/C16H21N5O3/c1-9-7-20(10-3-5-11(22)6-4-10)15-17-13-12(21(15)8-9)14(23)18-16(24)19(13)2/h3-6,9,12-13,15,17,22H,7-8H2,1-2H3,(H,18,23,24). The van der Waals surface area contributed by atoms with Gasteiger partial charge in [0.15, 0.2) is 0 Å². The minimum atomic E-state index is -0.403. The van der Waals surface area contributed by atoms with E-state index in [0.717, 1.165) is 18.8 Å². The van der Waals surface area contributed by atoms with E-state index in [4.69, 9.17) is 0 Å². The highest BCUT2D eigenvalue weighted by Gasteiger charge is 2.54. The summed E-state index contributed by atoms with van der Waals surface area (Å²) in [4.78, 5) is 30.1.